The molecule has 1 saturated heterocycles. The SMILES string of the molecule is CC(=O)O.O=C1NC(=Nc2cc[c-]cc2)SC1=Cc1ccc(-n2cnnn2)cc1.[Na+]. The number of carbonyl (C=O) groups excluding carboxylic acids is 1. The zero-order valence-corrected chi connectivity index (χ0v) is 19.0. The van der Waals surface area contributed by atoms with Crippen LogP contribution in [0.1, 0.15) is 12.5 Å². The molecule has 2 N–H and O–H groups in total. The van der Waals surface area contributed by atoms with Gasteiger partial charge in [0.1, 0.15) is 6.33 Å². The third-order valence-electron chi connectivity index (χ3n) is 3.39. The van der Waals surface area contributed by atoms with E-state index in [0.717, 1.165) is 23.9 Å². The monoisotopic (exact) mass is 430 g/mol. The minimum atomic E-state index is -0.833. The van der Waals surface area contributed by atoms with Crippen molar-refractivity contribution in [3.05, 3.63) is 71.4 Å². The normalized spacial score (nSPS) is 15.2. The van der Waals surface area contributed by atoms with Gasteiger partial charge in [0.15, 0.2) is 5.17 Å². The van der Waals surface area contributed by atoms with Crippen molar-refractivity contribution in [2.45, 2.75) is 6.92 Å². The third kappa shape index (κ3) is 6.92. The molecule has 0 spiro atoms. The summed E-state index contributed by atoms with van der Waals surface area (Å²) in [4.78, 5) is 26.1. The maximum atomic E-state index is 12.1. The van der Waals surface area contributed by atoms with Gasteiger partial charge in [0, 0.05) is 6.92 Å². The third-order valence-corrected chi connectivity index (χ3v) is 4.30. The molecule has 0 radical (unpaired) electrons. The maximum absolute atomic E-state index is 12.1. The summed E-state index contributed by atoms with van der Waals surface area (Å²) < 4.78 is 1.57. The van der Waals surface area contributed by atoms with Crippen LogP contribution in [0.4, 0.5) is 5.69 Å². The Kier molecular flexibility index (Phi) is 8.93. The van der Waals surface area contributed by atoms with E-state index in [1.165, 1.54) is 18.1 Å². The number of benzene rings is 2. The van der Waals surface area contributed by atoms with Gasteiger partial charge in [-0.15, -0.1) is 17.2 Å². The first kappa shape index (κ1) is 23.5. The summed E-state index contributed by atoms with van der Waals surface area (Å²) in [7, 11) is 0. The molecule has 0 bridgehead atoms. The molecule has 146 valence electrons. The van der Waals surface area contributed by atoms with E-state index in [2.05, 4.69) is 31.9 Å². The van der Waals surface area contributed by atoms with Crippen LogP contribution >= 0.6 is 11.8 Å². The molecular weight excluding hydrogens is 415 g/mol. The van der Waals surface area contributed by atoms with Gasteiger partial charge >= 0.3 is 29.6 Å². The molecule has 11 heteroatoms. The molecule has 9 nitrogen and oxygen atoms in total. The minimum absolute atomic E-state index is 0. The van der Waals surface area contributed by atoms with Gasteiger partial charge in [0.2, 0.25) is 0 Å². The number of carboxylic acid groups (broad SMARTS) is 1. The van der Waals surface area contributed by atoms with E-state index in [1.54, 1.807) is 16.8 Å². The summed E-state index contributed by atoms with van der Waals surface area (Å²) in [6, 6.07) is 17.7. The van der Waals surface area contributed by atoms with Crippen molar-refractivity contribution in [1.29, 1.82) is 0 Å². The Morgan fingerprint density at radius 3 is 2.50 bits per heavy atom. The van der Waals surface area contributed by atoms with Gasteiger partial charge in [0.25, 0.3) is 11.9 Å². The topological polar surface area (TPSA) is 122 Å². The van der Waals surface area contributed by atoms with Crippen molar-refractivity contribution in [1.82, 2.24) is 25.5 Å². The number of amidine groups is 1. The van der Waals surface area contributed by atoms with Crippen LogP contribution in [0, 0.1) is 6.07 Å². The van der Waals surface area contributed by atoms with Crippen LogP contribution in [0.3, 0.4) is 0 Å². The zero-order valence-electron chi connectivity index (χ0n) is 16.2. The number of thioether (sulfide) groups is 1. The first-order chi connectivity index (χ1) is 14.0. The molecule has 0 unspecified atom stereocenters. The molecule has 3 aromatic rings. The fraction of sp³-hybridized carbons (Fsp3) is 0.0526. The van der Waals surface area contributed by atoms with Gasteiger partial charge < -0.3 is 10.4 Å². The number of nitrogens with one attached hydrogen (secondary N) is 1. The molecule has 1 aromatic heterocycles. The summed E-state index contributed by atoms with van der Waals surface area (Å²) in [6.45, 7) is 1.08. The number of carboxylic acids is 1. The molecule has 4 rings (SSSR count). The van der Waals surface area contributed by atoms with Crippen LogP contribution in [-0.4, -0.2) is 42.4 Å². The van der Waals surface area contributed by atoms with Crippen LogP contribution in [-0.2, 0) is 9.59 Å². The van der Waals surface area contributed by atoms with Gasteiger partial charge in [-0.3, -0.25) is 14.6 Å². The van der Waals surface area contributed by atoms with Gasteiger partial charge in [-0.05, 0) is 51.6 Å². The van der Waals surface area contributed by atoms with Gasteiger partial charge in [-0.2, -0.15) is 18.2 Å². The van der Waals surface area contributed by atoms with Gasteiger partial charge in [-0.25, -0.2) is 4.68 Å². The average molecular weight is 430 g/mol. The number of tetrazole rings is 1. The predicted molar refractivity (Wildman–Crippen MR) is 109 cm³/mol. The summed E-state index contributed by atoms with van der Waals surface area (Å²) in [5.74, 6) is -0.990. The Morgan fingerprint density at radius 2 is 1.90 bits per heavy atom. The van der Waals surface area contributed by atoms with Crippen LogP contribution in [0.5, 0.6) is 0 Å². The van der Waals surface area contributed by atoms with Crippen molar-refractivity contribution >= 4 is 40.6 Å². The number of hydrogen-bond donors (Lipinski definition) is 2. The molecule has 0 aliphatic carbocycles. The number of aromatic nitrogens is 4. The maximum Gasteiger partial charge on any atom is 1.00 e. The Bertz CT molecular complexity index is 1050. The largest absolute Gasteiger partial charge is 1.00 e. The van der Waals surface area contributed by atoms with E-state index in [1.807, 2.05) is 42.5 Å². The Labute approximate surface area is 198 Å². The fourth-order valence-electron chi connectivity index (χ4n) is 2.20. The summed E-state index contributed by atoms with van der Waals surface area (Å²) >= 11 is 1.31. The van der Waals surface area contributed by atoms with E-state index in [0.29, 0.717) is 10.1 Å². The molecule has 0 saturated carbocycles. The van der Waals surface area contributed by atoms with E-state index in [4.69, 9.17) is 9.90 Å². The molecule has 1 aliphatic rings. The zero-order chi connectivity index (χ0) is 20.6. The number of aliphatic imine (C=N–C) groups is 1. The molecule has 1 amide bonds. The number of hydrogen-bond acceptors (Lipinski definition) is 7. The second-order valence-electron chi connectivity index (χ2n) is 5.60. The standard InChI is InChI=1S/C17H11N6OS.C2H4O2.Na/c24-16-15(25-17(20-16)19-13-4-2-1-3-5-13)10-12-6-8-14(9-7-12)23-11-18-21-22-23;1-2(3)4;/h2-11H,(H,19,20,24);1H3,(H,3,4);/q-1;;+1. The van der Waals surface area contributed by atoms with Crippen molar-refractivity contribution in [2.24, 2.45) is 4.99 Å². The van der Waals surface area contributed by atoms with Crippen LogP contribution < -0.4 is 34.9 Å². The van der Waals surface area contributed by atoms with Gasteiger partial charge in [0.05, 0.1) is 10.6 Å². The average Bonchev–Trinajstić information content (AvgIpc) is 3.33. The Hall–Kier alpha value is -2.79. The Morgan fingerprint density at radius 1 is 1.23 bits per heavy atom. The van der Waals surface area contributed by atoms with Crippen LogP contribution in [0.25, 0.3) is 11.8 Å². The van der Waals surface area contributed by atoms with E-state index in [-0.39, 0.29) is 35.5 Å². The van der Waals surface area contributed by atoms with Crippen molar-refractivity contribution < 1.29 is 44.3 Å². The molecule has 2 aromatic carbocycles. The number of aliphatic carboxylic acids is 1. The van der Waals surface area contributed by atoms with E-state index >= 15 is 0 Å². The smallest absolute Gasteiger partial charge is 0.481 e. The molecule has 1 aliphatic heterocycles. The molecule has 0 atom stereocenters. The summed E-state index contributed by atoms with van der Waals surface area (Å²) in [5, 5.41) is 21.8. The number of nitrogens with zero attached hydrogens (tertiary/aromatic N) is 5. The fourth-order valence-corrected chi connectivity index (χ4v) is 3.05. The van der Waals surface area contributed by atoms with Crippen LogP contribution in [0.2, 0.25) is 0 Å². The number of carbonyl (C=O) groups is 2. The quantitative estimate of drug-likeness (QED) is 0.325. The molecular formula is C19H15N6NaO3S. The van der Waals surface area contributed by atoms with E-state index in [9.17, 15) is 4.79 Å². The van der Waals surface area contributed by atoms with Crippen LogP contribution in [0.15, 0.2) is 64.8 Å². The van der Waals surface area contributed by atoms with Crippen molar-refractivity contribution in [2.75, 3.05) is 0 Å². The first-order valence-corrected chi connectivity index (χ1v) is 9.11. The molecule has 30 heavy (non-hydrogen) atoms. The minimum Gasteiger partial charge on any atom is -0.481 e. The van der Waals surface area contributed by atoms with Gasteiger partial charge in [-0.1, -0.05) is 12.1 Å². The number of amides is 1. The first-order valence-electron chi connectivity index (χ1n) is 8.30. The van der Waals surface area contributed by atoms with Crippen molar-refractivity contribution in [3.8, 4) is 5.69 Å². The number of rotatable bonds is 3. The summed E-state index contributed by atoms with van der Waals surface area (Å²) in [6.07, 6.45) is 3.35. The Balaban J connectivity index is 0.000000591. The molecule has 1 fully saturated rings. The van der Waals surface area contributed by atoms with E-state index < -0.39 is 5.97 Å². The second kappa shape index (κ2) is 11.4. The van der Waals surface area contributed by atoms with Crippen molar-refractivity contribution in [3.63, 3.8) is 0 Å². The second-order valence-corrected chi connectivity index (χ2v) is 6.64. The predicted octanol–water partition coefficient (Wildman–Crippen LogP) is -0.551. The summed E-state index contributed by atoms with van der Waals surface area (Å²) in [5.41, 5.74) is 2.53. The molecule has 2 heterocycles.